The lowest BCUT2D eigenvalue weighted by atomic mass is 10.2. The minimum absolute atomic E-state index is 0.303. The zero-order valence-electron chi connectivity index (χ0n) is 15.0. The molecule has 2 aromatic carbocycles. The third-order valence-corrected chi connectivity index (χ3v) is 4.79. The summed E-state index contributed by atoms with van der Waals surface area (Å²) in [6, 6.07) is 16.8. The highest BCUT2D eigenvalue weighted by molar-refractivity contribution is 7.09. The second-order valence-corrected chi connectivity index (χ2v) is 6.78. The molecule has 0 aliphatic heterocycles. The summed E-state index contributed by atoms with van der Waals surface area (Å²) in [7, 11) is 1.56. The van der Waals surface area contributed by atoms with Crippen LogP contribution in [0.2, 0.25) is 0 Å². The molecule has 2 heterocycles. The van der Waals surface area contributed by atoms with E-state index < -0.39 is 0 Å². The fourth-order valence-electron chi connectivity index (χ4n) is 2.59. The van der Waals surface area contributed by atoms with E-state index >= 15 is 0 Å². The highest BCUT2D eigenvalue weighted by Gasteiger charge is 2.15. The number of para-hydroxylation sites is 2. The van der Waals surface area contributed by atoms with Gasteiger partial charge in [0.05, 0.1) is 19.2 Å². The van der Waals surface area contributed by atoms with Crippen LogP contribution in [0.25, 0.3) is 11.4 Å². The van der Waals surface area contributed by atoms with E-state index in [1.165, 1.54) is 11.3 Å². The molecule has 0 unspecified atom stereocenters. The Balaban J connectivity index is 1.45. The number of benzene rings is 2. The predicted octanol–water partition coefficient (Wildman–Crippen LogP) is 4.04. The first-order valence-electron chi connectivity index (χ1n) is 8.49. The Morgan fingerprint density at radius 3 is 2.71 bits per heavy atom. The molecule has 0 fully saturated rings. The van der Waals surface area contributed by atoms with Crippen molar-refractivity contribution >= 4 is 22.9 Å². The van der Waals surface area contributed by atoms with Crippen LogP contribution < -0.4 is 10.1 Å². The first-order chi connectivity index (χ1) is 13.7. The summed E-state index contributed by atoms with van der Waals surface area (Å²) < 4.78 is 10.6. The highest BCUT2D eigenvalue weighted by atomic mass is 32.1. The predicted molar refractivity (Wildman–Crippen MR) is 106 cm³/mol. The molecule has 1 amide bonds. The summed E-state index contributed by atoms with van der Waals surface area (Å²) in [5.74, 6) is 1.26. The van der Waals surface area contributed by atoms with Crippen molar-refractivity contribution in [1.29, 1.82) is 0 Å². The number of aromatic nitrogens is 3. The number of nitrogens with zero attached hydrogens (tertiary/aromatic N) is 3. The van der Waals surface area contributed by atoms with Crippen molar-refractivity contribution in [1.82, 2.24) is 15.1 Å². The van der Waals surface area contributed by atoms with Crippen molar-refractivity contribution < 1.29 is 14.1 Å². The van der Waals surface area contributed by atoms with E-state index in [2.05, 4.69) is 20.4 Å². The molecular weight excluding hydrogens is 376 g/mol. The number of anilines is 1. The molecule has 0 bridgehead atoms. The first kappa shape index (κ1) is 17.9. The fraction of sp³-hybridized carbons (Fsp3) is 0.100. The second-order valence-electron chi connectivity index (χ2n) is 5.84. The normalized spacial score (nSPS) is 10.6. The Morgan fingerprint density at radius 2 is 1.89 bits per heavy atom. The van der Waals surface area contributed by atoms with E-state index in [1.54, 1.807) is 24.6 Å². The third kappa shape index (κ3) is 3.91. The zero-order valence-corrected chi connectivity index (χ0v) is 15.8. The van der Waals surface area contributed by atoms with Crippen molar-refractivity contribution in [2.24, 2.45) is 0 Å². The van der Waals surface area contributed by atoms with Gasteiger partial charge in [-0.25, -0.2) is 4.98 Å². The minimum atomic E-state index is -0.303. The molecule has 2 aromatic heterocycles. The maximum absolute atomic E-state index is 12.5. The van der Waals surface area contributed by atoms with Gasteiger partial charge in [0.2, 0.25) is 11.7 Å². The number of carbonyl (C=O) groups excluding carboxylic acids is 1. The van der Waals surface area contributed by atoms with E-state index in [4.69, 9.17) is 9.26 Å². The van der Waals surface area contributed by atoms with Crippen LogP contribution in [-0.2, 0) is 6.42 Å². The van der Waals surface area contributed by atoms with Crippen LogP contribution in [0.3, 0.4) is 0 Å². The lowest BCUT2D eigenvalue weighted by molar-refractivity contribution is 0.102. The standard InChI is InChI=1S/C20H16N4O3S/c1-26-16-10-6-5-9-14(16)22-20(25)15-12-28-18(21-15)11-17-23-19(24-27-17)13-7-3-2-4-8-13/h2-10,12H,11H2,1H3,(H,22,25). The summed E-state index contributed by atoms with van der Waals surface area (Å²) in [6.45, 7) is 0. The number of ether oxygens (including phenoxy) is 1. The highest BCUT2D eigenvalue weighted by Crippen LogP contribution is 2.24. The number of amides is 1. The van der Waals surface area contributed by atoms with E-state index in [1.807, 2.05) is 42.5 Å². The molecule has 0 saturated heterocycles. The molecule has 4 rings (SSSR count). The molecule has 4 aromatic rings. The summed E-state index contributed by atoms with van der Waals surface area (Å²) in [5.41, 5.74) is 1.80. The number of rotatable bonds is 6. The quantitative estimate of drug-likeness (QED) is 0.532. The van der Waals surface area contributed by atoms with Gasteiger partial charge in [0.25, 0.3) is 5.91 Å². The van der Waals surface area contributed by atoms with Gasteiger partial charge in [-0.05, 0) is 12.1 Å². The average molecular weight is 392 g/mol. The van der Waals surface area contributed by atoms with Crippen molar-refractivity contribution in [2.75, 3.05) is 12.4 Å². The van der Waals surface area contributed by atoms with Crippen LogP contribution in [0.15, 0.2) is 64.5 Å². The van der Waals surface area contributed by atoms with Gasteiger partial charge in [-0.2, -0.15) is 4.98 Å². The van der Waals surface area contributed by atoms with Gasteiger partial charge in [0.15, 0.2) is 0 Å². The maximum Gasteiger partial charge on any atom is 0.275 e. The van der Waals surface area contributed by atoms with E-state index in [0.29, 0.717) is 40.3 Å². The molecule has 0 aliphatic carbocycles. The molecule has 8 heteroatoms. The fourth-order valence-corrected chi connectivity index (χ4v) is 3.36. The molecular formula is C20H16N4O3S. The molecule has 140 valence electrons. The van der Waals surface area contributed by atoms with E-state index in [0.717, 1.165) is 5.56 Å². The molecule has 7 nitrogen and oxygen atoms in total. The van der Waals surface area contributed by atoms with Crippen LogP contribution in [0, 0.1) is 0 Å². The van der Waals surface area contributed by atoms with Crippen molar-refractivity contribution in [3.63, 3.8) is 0 Å². The van der Waals surface area contributed by atoms with Gasteiger partial charge in [-0.15, -0.1) is 11.3 Å². The summed E-state index contributed by atoms with van der Waals surface area (Å²) in [6.07, 6.45) is 0.367. The number of thiazole rings is 1. The van der Waals surface area contributed by atoms with Gasteiger partial charge in [-0.1, -0.05) is 47.6 Å². The SMILES string of the molecule is COc1ccccc1NC(=O)c1csc(Cc2nc(-c3ccccc3)no2)n1. The molecule has 0 aliphatic rings. The Morgan fingerprint density at radius 1 is 1.11 bits per heavy atom. The topological polar surface area (TPSA) is 90.1 Å². The third-order valence-electron chi connectivity index (χ3n) is 3.94. The van der Waals surface area contributed by atoms with Gasteiger partial charge in [-0.3, -0.25) is 4.79 Å². The summed E-state index contributed by atoms with van der Waals surface area (Å²) >= 11 is 1.37. The van der Waals surface area contributed by atoms with Crippen LogP contribution in [0.1, 0.15) is 21.4 Å². The lowest BCUT2D eigenvalue weighted by Gasteiger charge is -2.08. The van der Waals surface area contributed by atoms with Gasteiger partial charge in [0.1, 0.15) is 16.5 Å². The molecule has 0 radical (unpaired) electrons. The number of nitrogens with one attached hydrogen (secondary N) is 1. The van der Waals surface area contributed by atoms with Gasteiger partial charge < -0.3 is 14.6 Å². The second kappa shape index (κ2) is 8.01. The number of carbonyl (C=O) groups is 1. The minimum Gasteiger partial charge on any atom is -0.495 e. The monoisotopic (exact) mass is 392 g/mol. The van der Waals surface area contributed by atoms with Gasteiger partial charge in [0, 0.05) is 10.9 Å². The van der Waals surface area contributed by atoms with E-state index in [9.17, 15) is 4.79 Å². The summed E-state index contributed by atoms with van der Waals surface area (Å²) in [4.78, 5) is 21.2. The molecule has 28 heavy (non-hydrogen) atoms. The number of hydrogen-bond donors (Lipinski definition) is 1. The van der Waals surface area contributed by atoms with Crippen LogP contribution >= 0.6 is 11.3 Å². The molecule has 0 spiro atoms. The van der Waals surface area contributed by atoms with Crippen LogP contribution in [0.5, 0.6) is 5.75 Å². The van der Waals surface area contributed by atoms with Crippen molar-refractivity contribution in [2.45, 2.75) is 6.42 Å². The Hall–Kier alpha value is -3.52. The maximum atomic E-state index is 12.5. The zero-order chi connectivity index (χ0) is 19.3. The first-order valence-corrected chi connectivity index (χ1v) is 9.37. The van der Waals surface area contributed by atoms with Crippen LogP contribution in [-0.4, -0.2) is 28.1 Å². The molecule has 1 N–H and O–H groups in total. The van der Waals surface area contributed by atoms with Crippen LogP contribution in [0.4, 0.5) is 5.69 Å². The Kier molecular flexibility index (Phi) is 5.11. The van der Waals surface area contributed by atoms with Crippen molar-refractivity contribution in [3.8, 4) is 17.1 Å². The van der Waals surface area contributed by atoms with E-state index in [-0.39, 0.29) is 5.91 Å². The van der Waals surface area contributed by atoms with Gasteiger partial charge >= 0.3 is 0 Å². The lowest BCUT2D eigenvalue weighted by Crippen LogP contribution is -2.13. The Bertz CT molecular complexity index is 1090. The molecule has 0 saturated carbocycles. The molecule has 0 atom stereocenters. The average Bonchev–Trinajstić information content (AvgIpc) is 3.39. The largest absolute Gasteiger partial charge is 0.495 e. The number of methoxy groups -OCH3 is 1. The smallest absolute Gasteiger partial charge is 0.275 e. The number of hydrogen-bond acceptors (Lipinski definition) is 7. The Labute approximate surface area is 165 Å². The van der Waals surface area contributed by atoms with Crippen molar-refractivity contribution in [3.05, 3.63) is 76.6 Å². The summed E-state index contributed by atoms with van der Waals surface area (Å²) in [5, 5.41) is 9.23.